The van der Waals surface area contributed by atoms with Gasteiger partial charge in [-0.05, 0) is 12.8 Å². The third kappa shape index (κ3) is 5.55. The molecule has 0 radical (unpaired) electrons. The maximum atomic E-state index is 14.1. The Labute approximate surface area is 158 Å². The van der Waals surface area contributed by atoms with Crippen molar-refractivity contribution in [3.8, 4) is 0 Å². The first-order valence-corrected chi connectivity index (χ1v) is 9.09. The molecular weight excluding hydrogens is 386 g/mol. The highest BCUT2D eigenvalue weighted by Crippen LogP contribution is 2.29. The lowest BCUT2D eigenvalue weighted by atomic mass is 10.1. The van der Waals surface area contributed by atoms with E-state index in [1.807, 2.05) is 0 Å². The highest BCUT2D eigenvalue weighted by atomic mass is 32.1. The number of hydrogen-bond donors (Lipinski definition) is 1. The average Bonchev–Trinajstić information content (AvgIpc) is 3.03. The summed E-state index contributed by atoms with van der Waals surface area (Å²) in [7, 11) is 1.53. The summed E-state index contributed by atoms with van der Waals surface area (Å²) in [6.45, 7) is 6.82. The van der Waals surface area contributed by atoms with Gasteiger partial charge in [-0.25, -0.2) is 13.9 Å². The van der Waals surface area contributed by atoms with Crippen LogP contribution in [-0.4, -0.2) is 39.3 Å². The topological polar surface area (TPSA) is 68.7 Å². The molecule has 0 bridgehead atoms. The molecule has 0 aliphatic rings. The molecule has 2 aromatic heterocycles. The van der Waals surface area contributed by atoms with Gasteiger partial charge in [0.05, 0.1) is 24.7 Å². The minimum atomic E-state index is -4.27. The van der Waals surface area contributed by atoms with E-state index in [0.29, 0.717) is 15.7 Å². The number of halogens is 4. The lowest BCUT2D eigenvalue weighted by Gasteiger charge is -2.28. The van der Waals surface area contributed by atoms with Crippen LogP contribution in [-0.2, 0) is 17.9 Å². The van der Waals surface area contributed by atoms with Crippen LogP contribution in [0.3, 0.4) is 0 Å². The largest absolute Gasteiger partial charge is 0.389 e. The molecule has 2 heterocycles. The second-order valence-electron chi connectivity index (χ2n) is 6.48. The minimum Gasteiger partial charge on any atom is -0.386 e. The van der Waals surface area contributed by atoms with Crippen molar-refractivity contribution in [1.82, 2.24) is 19.5 Å². The van der Waals surface area contributed by atoms with Gasteiger partial charge in [0.15, 0.2) is 0 Å². The Balaban J connectivity index is 2.31. The molecule has 0 aliphatic carbocycles. The molecule has 6 nitrogen and oxygen atoms in total. The van der Waals surface area contributed by atoms with Gasteiger partial charge in [0.25, 0.3) is 0 Å². The second-order valence-corrected chi connectivity index (χ2v) is 7.52. The van der Waals surface area contributed by atoms with Crippen LogP contribution < -0.4 is 5.73 Å². The molecule has 0 saturated carbocycles. The number of rotatable bonds is 9. The van der Waals surface area contributed by atoms with Crippen molar-refractivity contribution in [2.24, 2.45) is 11.7 Å². The van der Waals surface area contributed by atoms with E-state index < -0.39 is 24.7 Å². The molecule has 0 fully saturated rings. The van der Waals surface area contributed by atoms with E-state index in [9.17, 15) is 17.6 Å². The van der Waals surface area contributed by atoms with Crippen LogP contribution in [0.4, 0.5) is 17.6 Å². The number of nitrogens with two attached hydrogens (primary N) is 1. The van der Waals surface area contributed by atoms with Crippen molar-refractivity contribution in [3.63, 3.8) is 0 Å². The molecule has 2 unspecified atom stereocenters. The smallest absolute Gasteiger partial charge is 0.386 e. The first kappa shape index (κ1) is 21.4. The summed E-state index contributed by atoms with van der Waals surface area (Å²) in [6.07, 6.45) is -6.58. The molecule has 2 N–H and O–H groups in total. The first-order valence-electron chi connectivity index (χ1n) is 8.28. The maximum Gasteiger partial charge on any atom is 0.389 e. The predicted molar refractivity (Wildman–Crippen MR) is 94.7 cm³/mol. The lowest BCUT2D eigenvalue weighted by molar-refractivity contribution is -0.144. The van der Waals surface area contributed by atoms with Crippen LogP contribution >= 0.6 is 11.3 Å². The van der Waals surface area contributed by atoms with Gasteiger partial charge in [0.2, 0.25) is 4.96 Å². The van der Waals surface area contributed by atoms with E-state index in [1.165, 1.54) is 41.7 Å². The van der Waals surface area contributed by atoms with Crippen molar-refractivity contribution in [3.05, 3.63) is 28.8 Å². The minimum absolute atomic E-state index is 0.0250. The molecule has 11 heteroatoms. The van der Waals surface area contributed by atoms with Crippen molar-refractivity contribution < 1.29 is 22.3 Å². The fourth-order valence-electron chi connectivity index (χ4n) is 2.79. The number of ether oxygens (including phenoxy) is 1. The molecule has 2 aromatic rings. The summed E-state index contributed by atoms with van der Waals surface area (Å²) in [5.41, 5.74) is 6.40. The van der Waals surface area contributed by atoms with Crippen LogP contribution in [0, 0.1) is 5.92 Å². The third-order valence-electron chi connectivity index (χ3n) is 3.87. The Hall–Kier alpha value is -1.88. The number of nitrogens with zero attached hydrogens (tertiary/aromatic N) is 4. The van der Waals surface area contributed by atoms with Crippen molar-refractivity contribution in [1.29, 1.82) is 0 Å². The summed E-state index contributed by atoms with van der Waals surface area (Å²) >= 11 is 1.26. The second kappa shape index (κ2) is 8.42. The van der Waals surface area contributed by atoms with Gasteiger partial charge in [0, 0.05) is 20.1 Å². The SMILES string of the molecule is C=C(N)N(Cc1c(C(C)F)nc2sc(COC)nn12)CC(C)CC(F)(F)F. The van der Waals surface area contributed by atoms with E-state index in [2.05, 4.69) is 16.7 Å². The average molecular weight is 409 g/mol. The highest BCUT2D eigenvalue weighted by molar-refractivity contribution is 7.16. The van der Waals surface area contributed by atoms with Crippen LogP contribution in [0.1, 0.15) is 42.8 Å². The van der Waals surface area contributed by atoms with Gasteiger partial charge >= 0.3 is 6.18 Å². The maximum absolute atomic E-state index is 14.1. The first-order chi connectivity index (χ1) is 12.5. The molecule has 0 aliphatic heterocycles. The Morgan fingerprint density at radius 1 is 1.41 bits per heavy atom. The predicted octanol–water partition coefficient (Wildman–Crippen LogP) is 3.79. The van der Waals surface area contributed by atoms with E-state index in [-0.39, 0.29) is 31.2 Å². The van der Waals surface area contributed by atoms with Crippen molar-refractivity contribution in [2.45, 2.75) is 45.8 Å². The third-order valence-corrected chi connectivity index (χ3v) is 4.75. The lowest BCUT2D eigenvalue weighted by Crippen LogP contribution is -2.33. The number of fused-ring (bicyclic) bond motifs is 1. The zero-order chi connectivity index (χ0) is 20.4. The van der Waals surface area contributed by atoms with Crippen LogP contribution in [0.15, 0.2) is 12.4 Å². The monoisotopic (exact) mass is 409 g/mol. The summed E-state index contributed by atoms with van der Waals surface area (Å²) in [6, 6.07) is 0. The fourth-order valence-corrected chi connectivity index (χ4v) is 3.69. The van der Waals surface area contributed by atoms with Crippen LogP contribution in [0.2, 0.25) is 0 Å². The molecule has 0 aromatic carbocycles. The zero-order valence-corrected chi connectivity index (χ0v) is 16.2. The summed E-state index contributed by atoms with van der Waals surface area (Å²) < 4.78 is 58.5. The molecular formula is C16H23F4N5OS. The number of aromatic nitrogens is 3. The quantitative estimate of drug-likeness (QED) is 0.639. The van der Waals surface area contributed by atoms with E-state index in [0.717, 1.165) is 0 Å². The van der Waals surface area contributed by atoms with E-state index in [4.69, 9.17) is 10.5 Å². The Bertz CT molecular complexity index is 786. The van der Waals surface area contributed by atoms with Crippen LogP contribution in [0.25, 0.3) is 4.96 Å². The van der Waals surface area contributed by atoms with Crippen molar-refractivity contribution in [2.75, 3.05) is 13.7 Å². The number of alkyl halides is 4. The number of hydrogen-bond acceptors (Lipinski definition) is 6. The number of methoxy groups -OCH3 is 1. The van der Waals surface area contributed by atoms with Gasteiger partial charge < -0.3 is 15.4 Å². The fraction of sp³-hybridized carbons (Fsp3) is 0.625. The molecule has 152 valence electrons. The van der Waals surface area contributed by atoms with Crippen molar-refractivity contribution >= 4 is 16.3 Å². The van der Waals surface area contributed by atoms with Gasteiger partial charge in [-0.1, -0.05) is 24.8 Å². The van der Waals surface area contributed by atoms with E-state index >= 15 is 0 Å². The molecule has 0 spiro atoms. The highest BCUT2D eigenvalue weighted by Gasteiger charge is 2.31. The summed E-state index contributed by atoms with van der Waals surface area (Å²) in [5.74, 6) is -0.608. The summed E-state index contributed by atoms with van der Waals surface area (Å²) in [5, 5.41) is 5.02. The molecule has 2 atom stereocenters. The van der Waals surface area contributed by atoms with Gasteiger partial charge in [-0.2, -0.15) is 18.3 Å². The molecule has 27 heavy (non-hydrogen) atoms. The number of imidazole rings is 1. The van der Waals surface area contributed by atoms with Gasteiger partial charge in [-0.15, -0.1) is 0 Å². The summed E-state index contributed by atoms with van der Waals surface area (Å²) in [4.78, 5) is 6.25. The van der Waals surface area contributed by atoms with Gasteiger partial charge in [-0.3, -0.25) is 0 Å². The Morgan fingerprint density at radius 2 is 2.07 bits per heavy atom. The molecule has 0 saturated heterocycles. The Kier molecular flexibility index (Phi) is 6.68. The van der Waals surface area contributed by atoms with E-state index in [1.54, 1.807) is 0 Å². The molecule has 0 amide bonds. The molecule has 2 rings (SSSR count). The normalized spacial score (nSPS) is 14.5. The van der Waals surface area contributed by atoms with Crippen LogP contribution in [0.5, 0.6) is 0 Å². The van der Waals surface area contributed by atoms with Gasteiger partial charge in [0.1, 0.15) is 16.9 Å². The standard InChI is InChI=1S/C16H23F4N5OS/c1-9(5-16(18,19)20)6-24(11(3)21)7-12-14(10(2)17)22-15-25(12)23-13(27-15)8-26-4/h9-10H,3,5-8,21H2,1-2,4H3. The zero-order valence-electron chi connectivity index (χ0n) is 15.4. The Morgan fingerprint density at radius 3 is 2.59 bits per heavy atom.